The topological polar surface area (TPSA) is 83.1 Å². The molecule has 31 heavy (non-hydrogen) atoms. The number of carbonyl (C=O) groups excluding carboxylic acids is 2. The summed E-state index contributed by atoms with van der Waals surface area (Å²) in [7, 11) is 0. The van der Waals surface area contributed by atoms with Gasteiger partial charge in [-0.15, -0.1) is 0 Å². The number of amides is 2. The minimum Gasteiger partial charge on any atom is -0.353 e. The van der Waals surface area contributed by atoms with Crippen LogP contribution in [0.1, 0.15) is 48.9 Å². The number of aromatic nitrogens is 1. The van der Waals surface area contributed by atoms with E-state index in [9.17, 15) is 14.0 Å². The number of rotatable bonds is 5. The van der Waals surface area contributed by atoms with Gasteiger partial charge in [0.05, 0.1) is 11.3 Å². The Bertz CT molecular complexity index is 912. The van der Waals surface area contributed by atoms with Crippen molar-refractivity contribution in [3.05, 3.63) is 54.0 Å². The highest BCUT2D eigenvalue weighted by atomic mass is 19.1. The second-order valence-electron chi connectivity index (χ2n) is 8.51. The Morgan fingerprint density at radius 2 is 1.84 bits per heavy atom. The molecule has 1 aromatic heterocycles. The zero-order valence-electron chi connectivity index (χ0n) is 17.6. The van der Waals surface area contributed by atoms with Crippen molar-refractivity contribution in [2.75, 3.05) is 13.1 Å². The molecule has 0 spiro atoms. The van der Waals surface area contributed by atoms with E-state index >= 15 is 0 Å². The predicted molar refractivity (Wildman–Crippen MR) is 117 cm³/mol. The molecule has 164 valence electrons. The van der Waals surface area contributed by atoms with Gasteiger partial charge in [-0.05, 0) is 69.5 Å². The molecule has 2 fully saturated rings. The van der Waals surface area contributed by atoms with Gasteiger partial charge in [-0.2, -0.15) is 0 Å². The number of nitrogens with one attached hydrogen (secondary N) is 3. The molecule has 0 radical (unpaired) electrons. The lowest BCUT2D eigenvalue weighted by Crippen LogP contribution is -2.47. The molecule has 1 aliphatic carbocycles. The van der Waals surface area contributed by atoms with Gasteiger partial charge in [-0.1, -0.05) is 18.6 Å². The number of nitrogens with zero attached hydrogens (tertiary/aromatic N) is 1. The summed E-state index contributed by atoms with van der Waals surface area (Å²) in [5.41, 5.74) is 1.74. The highest BCUT2D eigenvalue weighted by Crippen LogP contribution is 2.25. The van der Waals surface area contributed by atoms with E-state index in [1.807, 2.05) is 0 Å². The summed E-state index contributed by atoms with van der Waals surface area (Å²) in [6, 6.07) is 9.87. The first kappa shape index (κ1) is 21.4. The van der Waals surface area contributed by atoms with Crippen molar-refractivity contribution in [1.29, 1.82) is 0 Å². The maximum absolute atomic E-state index is 13.4. The zero-order chi connectivity index (χ0) is 21.6. The Morgan fingerprint density at radius 3 is 2.58 bits per heavy atom. The summed E-state index contributed by atoms with van der Waals surface area (Å²) in [5, 5.41) is 9.56. The molecule has 7 heteroatoms. The van der Waals surface area contributed by atoms with Crippen LogP contribution in [0.15, 0.2) is 42.6 Å². The average Bonchev–Trinajstić information content (AvgIpc) is 2.80. The maximum Gasteiger partial charge on any atom is 0.253 e. The average molecular weight is 425 g/mol. The molecular weight excluding hydrogens is 395 g/mol. The Morgan fingerprint density at radius 1 is 1.00 bits per heavy atom. The minimum absolute atomic E-state index is 0.0204. The second kappa shape index (κ2) is 10.0. The van der Waals surface area contributed by atoms with Crippen molar-refractivity contribution in [3.8, 4) is 11.3 Å². The molecule has 1 aliphatic heterocycles. The van der Waals surface area contributed by atoms with Gasteiger partial charge in [0, 0.05) is 29.8 Å². The first-order valence-corrected chi connectivity index (χ1v) is 11.1. The van der Waals surface area contributed by atoms with Crippen LogP contribution in [0.5, 0.6) is 0 Å². The molecule has 2 amide bonds. The minimum atomic E-state index is -0.322. The van der Waals surface area contributed by atoms with E-state index < -0.39 is 0 Å². The van der Waals surface area contributed by atoms with Gasteiger partial charge in [0.2, 0.25) is 5.91 Å². The maximum atomic E-state index is 13.4. The first-order valence-electron chi connectivity index (χ1n) is 11.1. The second-order valence-corrected chi connectivity index (χ2v) is 8.51. The van der Waals surface area contributed by atoms with Crippen LogP contribution in [-0.2, 0) is 4.79 Å². The fourth-order valence-electron chi connectivity index (χ4n) is 4.46. The molecule has 6 nitrogen and oxygen atoms in total. The third-order valence-corrected chi connectivity index (χ3v) is 6.21. The van der Waals surface area contributed by atoms with Crippen molar-refractivity contribution < 1.29 is 14.0 Å². The monoisotopic (exact) mass is 424 g/mol. The van der Waals surface area contributed by atoms with Crippen molar-refractivity contribution in [2.45, 2.75) is 50.6 Å². The Balaban J connectivity index is 1.32. The van der Waals surface area contributed by atoms with Gasteiger partial charge < -0.3 is 16.0 Å². The summed E-state index contributed by atoms with van der Waals surface area (Å²) in [6.07, 6.45) is 6.78. The van der Waals surface area contributed by atoms with E-state index in [2.05, 4.69) is 20.9 Å². The van der Waals surface area contributed by atoms with E-state index in [-0.39, 0.29) is 35.6 Å². The number of hydrogen-bond donors (Lipinski definition) is 3. The normalized spacial score (nSPS) is 22.0. The Hall–Kier alpha value is -2.80. The molecule has 1 aromatic carbocycles. The van der Waals surface area contributed by atoms with Crippen LogP contribution in [0.3, 0.4) is 0 Å². The van der Waals surface area contributed by atoms with Gasteiger partial charge in [-0.3, -0.25) is 14.6 Å². The van der Waals surface area contributed by atoms with Crippen LogP contribution in [-0.4, -0.2) is 42.0 Å². The third kappa shape index (κ3) is 5.67. The number of hydrogen-bond acceptors (Lipinski definition) is 4. The molecule has 2 atom stereocenters. The highest BCUT2D eigenvalue weighted by Gasteiger charge is 2.29. The van der Waals surface area contributed by atoms with Crippen LogP contribution < -0.4 is 16.0 Å². The predicted octanol–water partition coefficient (Wildman–Crippen LogP) is 3.04. The summed E-state index contributed by atoms with van der Waals surface area (Å²) >= 11 is 0. The van der Waals surface area contributed by atoms with E-state index in [1.54, 1.807) is 24.3 Å². The fourth-order valence-corrected chi connectivity index (χ4v) is 4.46. The van der Waals surface area contributed by atoms with Gasteiger partial charge in [0.1, 0.15) is 5.82 Å². The van der Waals surface area contributed by atoms with Crippen LogP contribution in [0.4, 0.5) is 4.39 Å². The first-order chi connectivity index (χ1) is 15.1. The lowest BCUT2D eigenvalue weighted by atomic mass is 9.84. The van der Waals surface area contributed by atoms with Gasteiger partial charge in [-0.25, -0.2) is 4.39 Å². The summed E-state index contributed by atoms with van der Waals surface area (Å²) in [4.78, 5) is 29.7. The van der Waals surface area contributed by atoms with Crippen LogP contribution in [0.25, 0.3) is 11.3 Å². The molecule has 0 unspecified atom stereocenters. The molecular formula is C24H29FN4O2. The molecule has 2 aromatic rings. The number of carbonyl (C=O) groups is 2. The standard InChI is InChI=1S/C24H29FN4O2/c25-19-5-1-3-16(13-19)22-8-7-18(15-27-22)24(31)29-21-6-2-4-17(14-21)23(30)28-20-9-11-26-12-10-20/h1,3,5,7-8,13,15,17,20-21,26H,2,4,6,9-12,14H2,(H,28,30)(H,29,31)/t17-,21+/m1/s1. The fraction of sp³-hybridized carbons (Fsp3) is 0.458. The number of piperidine rings is 1. The molecule has 0 bridgehead atoms. The SMILES string of the molecule is O=C(N[C@H]1CCC[C@@H](C(=O)NC2CCNCC2)C1)c1ccc(-c2cccc(F)c2)nc1. The summed E-state index contributed by atoms with van der Waals surface area (Å²) < 4.78 is 13.4. The van der Waals surface area contributed by atoms with Gasteiger partial charge in [0.15, 0.2) is 0 Å². The molecule has 1 saturated heterocycles. The van der Waals surface area contributed by atoms with E-state index in [0.29, 0.717) is 23.2 Å². The van der Waals surface area contributed by atoms with Crippen LogP contribution >= 0.6 is 0 Å². The number of pyridine rings is 1. The zero-order valence-corrected chi connectivity index (χ0v) is 17.6. The number of benzene rings is 1. The highest BCUT2D eigenvalue weighted by molar-refractivity contribution is 5.94. The number of halogens is 1. The molecule has 2 heterocycles. The molecule has 1 saturated carbocycles. The van der Waals surface area contributed by atoms with Crippen LogP contribution in [0, 0.1) is 11.7 Å². The van der Waals surface area contributed by atoms with Crippen LogP contribution in [0.2, 0.25) is 0 Å². The smallest absolute Gasteiger partial charge is 0.253 e. The summed E-state index contributed by atoms with van der Waals surface area (Å²) in [5.74, 6) is -0.450. The van der Waals surface area contributed by atoms with Crippen molar-refractivity contribution in [2.24, 2.45) is 5.92 Å². The van der Waals surface area contributed by atoms with E-state index in [4.69, 9.17) is 0 Å². The van der Waals surface area contributed by atoms with E-state index in [0.717, 1.165) is 45.2 Å². The van der Waals surface area contributed by atoms with Gasteiger partial charge >= 0.3 is 0 Å². The van der Waals surface area contributed by atoms with Crippen molar-refractivity contribution >= 4 is 11.8 Å². The van der Waals surface area contributed by atoms with Crippen molar-refractivity contribution in [1.82, 2.24) is 20.9 Å². The summed E-state index contributed by atoms with van der Waals surface area (Å²) in [6.45, 7) is 1.89. The van der Waals surface area contributed by atoms with Gasteiger partial charge in [0.25, 0.3) is 5.91 Å². The lowest BCUT2D eigenvalue weighted by Gasteiger charge is -2.31. The van der Waals surface area contributed by atoms with E-state index in [1.165, 1.54) is 18.3 Å². The Labute approximate surface area is 182 Å². The quantitative estimate of drug-likeness (QED) is 0.689. The molecule has 3 N–H and O–H groups in total. The third-order valence-electron chi connectivity index (χ3n) is 6.21. The Kier molecular flexibility index (Phi) is 6.92. The molecule has 4 rings (SSSR count). The van der Waals surface area contributed by atoms with Crippen molar-refractivity contribution in [3.63, 3.8) is 0 Å². The largest absolute Gasteiger partial charge is 0.353 e. The lowest BCUT2D eigenvalue weighted by molar-refractivity contribution is -0.127. The molecule has 2 aliphatic rings.